The van der Waals surface area contributed by atoms with Gasteiger partial charge in [0.2, 0.25) is 0 Å². The van der Waals surface area contributed by atoms with Crippen LogP contribution in [0.3, 0.4) is 0 Å². The minimum Gasteiger partial charge on any atom is -0.396 e. The molecule has 0 saturated heterocycles. The molecule has 0 radical (unpaired) electrons. The summed E-state index contributed by atoms with van der Waals surface area (Å²) in [7, 11) is 0. The minimum absolute atomic E-state index is 0.138. The molecule has 0 aliphatic carbocycles. The standard InChI is InChI=1S/C14H21ClN2O2/c1-3-4-11(7-8-18)9-16-14(19)12-5-6-13(15)17-10(12)2/h5-6,11,18H,3-4,7-9H2,1-2H3,(H,16,19). The Morgan fingerprint density at radius 2 is 2.21 bits per heavy atom. The molecule has 2 N–H and O–H groups in total. The fourth-order valence-electron chi connectivity index (χ4n) is 2.04. The highest BCUT2D eigenvalue weighted by Gasteiger charge is 2.13. The summed E-state index contributed by atoms with van der Waals surface area (Å²) in [6, 6.07) is 3.29. The molecular weight excluding hydrogens is 264 g/mol. The first-order valence-corrected chi connectivity index (χ1v) is 6.98. The Hall–Kier alpha value is -1.13. The maximum atomic E-state index is 12.0. The smallest absolute Gasteiger partial charge is 0.253 e. The van der Waals surface area contributed by atoms with E-state index in [1.165, 1.54) is 0 Å². The largest absolute Gasteiger partial charge is 0.396 e. The molecule has 0 spiro atoms. The van der Waals surface area contributed by atoms with Crippen LogP contribution < -0.4 is 5.32 Å². The average Bonchev–Trinajstić information content (AvgIpc) is 2.36. The van der Waals surface area contributed by atoms with Crippen LogP contribution in [0, 0.1) is 12.8 Å². The Morgan fingerprint density at radius 1 is 1.47 bits per heavy atom. The van der Waals surface area contributed by atoms with Crippen molar-refractivity contribution in [3.8, 4) is 0 Å². The molecule has 4 nitrogen and oxygen atoms in total. The summed E-state index contributed by atoms with van der Waals surface area (Å²) in [5.74, 6) is 0.181. The fourth-order valence-corrected chi connectivity index (χ4v) is 2.23. The molecule has 1 unspecified atom stereocenters. The summed E-state index contributed by atoms with van der Waals surface area (Å²) in [5.41, 5.74) is 1.17. The number of carbonyl (C=O) groups excluding carboxylic acids is 1. The zero-order valence-corrected chi connectivity index (χ0v) is 12.2. The summed E-state index contributed by atoms with van der Waals surface area (Å²) in [5, 5.41) is 12.3. The van der Waals surface area contributed by atoms with Crippen molar-refractivity contribution < 1.29 is 9.90 Å². The molecule has 1 aromatic rings. The van der Waals surface area contributed by atoms with E-state index in [-0.39, 0.29) is 12.5 Å². The van der Waals surface area contributed by atoms with Crippen molar-refractivity contribution in [1.29, 1.82) is 0 Å². The van der Waals surface area contributed by atoms with Crippen LogP contribution in [0.1, 0.15) is 42.2 Å². The minimum atomic E-state index is -0.138. The lowest BCUT2D eigenvalue weighted by atomic mass is 10.00. The molecule has 5 heteroatoms. The van der Waals surface area contributed by atoms with Gasteiger partial charge < -0.3 is 10.4 Å². The van der Waals surface area contributed by atoms with Crippen LogP contribution >= 0.6 is 11.6 Å². The third kappa shape index (κ3) is 5.17. The van der Waals surface area contributed by atoms with E-state index in [1.54, 1.807) is 19.1 Å². The molecule has 0 aliphatic heterocycles. The Balaban J connectivity index is 2.58. The van der Waals surface area contributed by atoms with E-state index in [0.717, 1.165) is 12.8 Å². The highest BCUT2D eigenvalue weighted by molar-refractivity contribution is 6.29. The second kappa shape index (κ2) is 8.12. The van der Waals surface area contributed by atoms with Crippen molar-refractivity contribution in [3.05, 3.63) is 28.5 Å². The number of carbonyl (C=O) groups is 1. The van der Waals surface area contributed by atoms with Gasteiger partial charge in [0.25, 0.3) is 5.91 Å². The van der Waals surface area contributed by atoms with Crippen molar-refractivity contribution in [1.82, 2.24) is 10.3 Å². The molecule has 1 aromatic heterocycles. The Morgan fingerprint density at radius 3 is 2.79 bits per heavy atom. The van der Waals surface area contributed by atoms with Crippen molar-refractivity contribution in [2.75, 3.05) is 13.2 Å². The van der Waals surface area contributed by atoms with E-state index in [2.05, 4.69) is 17.2 Å². The first-order valence-electron chi connectivity index (χ1n) is 6.60. The third-order valence-corrected chi connectivity index (χ3v) is 3.29. The predicted molar refractivity (Wildman–Crippen MR) is 76.4 cm³/mol. The monoisotopic (exact) mass is 284 g/mol. The zero-order valence-electron chi connectivity index (χ0n) is 11.4. The average molecular weight is 285 g/mol. The maximum Gasteiger partial charge on any atom is 0.253 e. The quantitative estimate of drug-likeness (QED) is 0.757. The molecule has 1 heterocycles. The van der Waals surface area contributed by atoms with Crippen molar-refractivity contribution in [3.63, 3.8) is 0 Å². The summed E-state index contributed by atoms with van der Waals surface area (Å²) in [6.45, 7) is 4.59. The van der Waals surface area contributed by atoms with Crippen LogP contribution in [0.15, 0.2) is 12.1 Å². The number of aliphatic hydroxyl groups is 1. The van der Waals surface area contributed by atoms with Gasteiger partial charge in [0.05, 0.1) is 11.3 Å². The highest BCUT2D eigenvalue weighted by Crippen LogP contribution is 2.12. The zero-order chi connectivity index (χ0) is 14.3. The van der Waals surface area contributed by atoms with E-state index in [0.29, 0.717) is 35.3 Å². The van der Waals surface area contributed by atoms with Crippen LogP contribution in [0.5, 0.6) is 0 Å². The van der Waals surface area contributed by atoms with Gasteiger partial charge in [0, 0.05) is 13.2 Å². The number of hydrogen-bond acceptors (Lipinski definition) is 3. The van der Waals surface area contributed by atoms with Crippen LogP contribution in [0.25, 0.3) is 0 Å². The predicted octanol–water partition coefficient (Wildman–Crippen LogP) is 2.57. The van der Waals surface area contributed by atoms with Crippen molar-refractivity contribution >= 4 is 17.5 Å². The SMILES string of the molecule is CCCC(CCO)CNC(=O)c1ccc(Cl)nc1C. The second-order valence-corrected chi connectivity index (χ2v) is 5.03. The number of aromatic nitrogens is 1. The van der Waals surface area contributed by atoms with Crippen LogP contribution in [-0.4, -0.2) is 29.1 Å². The molecular formula is C14H21ClN2O2. The molecule has 0 bridgehead atoms. The number of aliphatic hydroxyl groups excluding tert-OH is 1. The van der Waals surface area contributed by atoms with E-state index in [4.69, 9.17) is 16.7 Å². The number of hydrogen-bond donors (Lipinski definition) is 2. The second-order valence-electron chi connectivity index (χ2n) is 4.64. The van der Waals surface area contributed by atoms with Crippen LogP contribution in [0.4, 0.5) is 0 Å². The first-order chi connectivity index (χ1) is 9.08. The van der Waals surface area contributed by atoms with Gasteiger partial charge in [-0.15, -0.1) is 0 Å². The lowest BCUT2D eigenvalue weighted by Gasteiger charge is -2.16. The molecule has 19 heavy (non-hydrogen) atoms. The van der Waals surface area contributed by atoms with Gasteiger partial charge in [-0.2, -0.15) is 0 Å². The van der Waals surface area contributed by atoms with Gasteiger partial charge in [0.1, 0.15) is 5.15 Å². The van der Waals surface area contributed by atoms with Crippen LogP contribution in [0.2, 0.25) is 5.15 Å². The Labute approximate surface area is 119 Å². The van der Waals surface area contributed by atoms with Gasteiger partial charge in [-0.25, -0.2) is 4.98 Å². The summed E-state index contributed by atoms with van der Waals surface area (Å²) in [6.07, 6.45) is 2.76. The van der Waals surface area contributed by atoms with Gasteiger partial charge in [0.15, 0.2) is 0 Å². The maximum absolute atomic E-state index is 12.0. The van der Waals surface area contributed by atoms with E-state index in [1.807, 2.05) is 0 Å². The fraction of sp³-hybridized carbons (Fsp3) is 0.571. The number of pyridine rings is 1. The van der Waals surface area contributed by atoms with E-state index < -0.39 is 0 Å². The molecule has 1 rings (SSSR count). The summed E-state index contributed by atoms with van der Waals surface area (Å²) >= 11 is 5.76. The van der Waals surface area contributed by atoms with Gasteiger partial charge in [-0.1, -0.05) is 24.9 Å². The van der Waals surface area contributed by atoms with Crippen LogP contribution in [-0.2, 0) is 0 Å². The van der Waals surface area contributed by atoms with Gasteiger partial charge in [-0.05, 0) is 37.8 Å². The molecule has 1 atom stereocenters. The third-order valence-electron chi connectivity index (χ3n) is 3.08. The topological polar surface area (TPSA) is 62.2 Å². The lowest BCUT2D eigenvalue weighted by Crippen LogP contribution is -2.30. The van der Waals surface area contributed by atoms with Crippen molar-refractivity contribution in [2.24, 2.45) is 5.92 Å². The molecule has 0 fully saturated rings. The molecule has 0 aliphatic rings. The number of halogens is 1. The molecule has 0 aromatic carbocycles. The van der Waals surface area contributed by atoms with Crippen molar-refractivity contribution in [2.45, 2.75) is 33.1 Å². The number of nitrogens with one attached hydrogen (secondary N) is 1. The molecule has 106 valence electrons. The Bertz CT molecular complexity index is 418. The summed E-state index contributed by atoms with van der Waals surface area (Å²) in [4.78, 5) is 16.1. The number of rotatable bonds is 7. The lowest BCUT2D eigenvalue weighted by molar-refractivity contribution is 0.0942. The first kappa shape index (κ1) is 15.9. The molecule has 1 amide bonds. The number of aryl methyl sites for hydroxylation is 1. The van der Waals surface area contributed by atoms with Gasteiger partial charge >= 0.3 is 0 Å². The normalized spacial score (nSPS) is 12.2. The van der Waals surface area contributed by atoms with E-state index >= 15 is 0 Å². The number of nitrogens with zero attached hydrogens (tertiary/aromatic N) is 1. The summed E-state index contributed by atoms with van der Waals surface area (Å²) < 4.78 is 0. The number of amides is 1. The van der Waals surface area contributed by atoms with Gasteiger partial charge in [-0.3, -0.25) is 4.79 Å². The van der Waals surface area contributed by atoms with E-state index in [9.17, 15) is 4.79 Å². The highest BCUT2D eigenvalue weighted by atomic mass is 35.5. The molecule has 0 saturated carbocycles. The Kier molecular flexibility index (Phi) is 6.81.